The lowest BCUT2D eigenvalue weighted by atomic mass is 10.4. The van der Waals surface area contributed by atoms with Crippen molar-refractivity contribution in [1.29, 1.82) is 0 Å². The third-order valence-corrected chi connectivity index (χ3v) is 2.25. The maximum absolute atomic E-state index is 11.0. The quantitative estimate of drug-likeness (QED) is 0.637. The van der Waals surface area contributed by atoms with E-state index in [-0.39, 0.29) is 5.91 Å². The van der Waals surface area contributed by atoms with Gasteiger partial charge in [-0.15, -0.1) is 0 Å². The molecule has 1 aliphatic rings. The molecular weight excluding hydrogens is 164 g/mol. The zero-order valence-electron chi connectivity index (χ0n) is 8.42. The fourth-order valence-electron chi connectivity index (χ4n) is 1.26. The van der Waals surface area contributed by atoms with Crippen molar-refractivity contribution in [3.63, 3.8) is 0 Å². The molecule has 0 spiro atoms. The predicted molar refractivity (Wildman–Crippen MR) is 53.5 cm³/mol. The van der Waals surface area contributed by atoms with Crippen LogP contribution in [0.5, 0.6) is 0 Å². The Morgan fingerprint density at radius 3 is 2.85 bits per heavy atom. The fraction of sp³-hybridized carbons (Fsp3) is 0.700. The minimum atomic E-state index is 0.00620. The Balaban J connectivity index is 2.02. The molecule has 1 aliphatic carbocycles. The highest BCUT2D eigenvalue weighted by Crippen LogP contribution is 2.24. The van der Waals surface area contributed by atoms with E-state index in [0.29, 0.717) is 0 Å². The third-order valence-electron chi connectivity index (χ3n) is 2.25. The first kappa shape index (κ1) is 10.3. The van der Waals surface area contributed by atoms with Crippen LogP contribution in [-0.4, -0.2) is 37.0 Å². The second kappa shape index (κ2) is 5.02. The molecule has 74 valence electrons. The molecule has 13 heavy (non-hydrogen) atoms. The average Bonchev–Trinajstić information content (AvgIpc) is 2.86. The van der Waals surface area contributed by atoms with E-state index in [1.54, 1.807) is 12.2 Å². The third kappa shape index (κ3) is 4.08. The van der Waals surface area contributed by atoms with E-state index < -0.39 is 0 Å². The molecule has 1 rings (SSSR count). The minimum absolute atomic E-state index is 0.00620. The molecule has 0 aromatic heterocycles. The van der Waals surface area contributed by atoms with Gasteiger partial charge < -0.3 is 10.2 Å². The van der Waals surface area contributed by atoms with Crippen LogP contribution in [0.2, 0.25) is 0 Å². The van der Waals surface area contributed by atoms with Gasteiger partial charge in [-0.25, -0.2) is 0 Å². The summed E-state index contributed by atoms with van der Waals surface area (Å²) in [6.07, 6.45) is 5.94. The second-order valence-electron chi connectivity index (χ2n) is 3.50. The van der Waals surface area contributed by atoms with Crippen molar-refractivity contribution in [3.05, 3.63) is 12.2 Å². The van der Waals surface area contributed by atoms with E-state index in [0.717, 1.165) is 19.1 Å². The number of likely N-dealkylation sites (N-methyl/N-ethyl adjacent to an activating group) is 1. The lowest BCUT2D eigenvalue weighted by Crippen LogP contribution is -2.33. The van der Waals surface area contributed by atoms with Gasteiger partial charge in [-0.1, -0.05) is 6.08 Å². The summed E-state index contributed by atoms with van der Waals surface area (Å²) in [4.78, 5) is 13.3. The van der Waals surface area contributed by atoms with Crippen LogP contribution in [0.3, 0.4) is 0 Å². The van der Waals surface area contributed by atoms with E-state index in [4.69, 9.17) is 0 Å². The van der Waals surface area contributed by atoms with Gasteiger partial charge in [-0.05, 0) is 32.9 Å². The molecule has 1 fully saturated rings. The van der Waals surface area contributed by atoms with Gasteiger partial charge in [0.05, 0.1) is 0 Å². The molecular formula is C10H18N2O. The molecule has 0 aromatic rings. The summed E-state index contributed by atoms with van der Waals surface area (Å²) in [6, 6.07) is 0.776. The van der Waals surface area contributed by atoms with Gasteiger partial charge in [-0.2, -0.15) is 0 Å². The molecule has 0 atom stereocenters. The van der Waals surface area contributed by atoms with Crippen molar-refractivity contribution >= 4 is 5.91 Å². The van der Waals surface area contributed by atoms with E-state index in [1.807, 2.05) is 6.92 Å². The number of nitrogens with zero attached hydrogens (tertiary/aromatic N) is 1. The molecule has 0 aliphatic heterocycles. The topological polar surface area (TPSA) is 32.3 Å². The minimum Gasteiger partial charge on any atom is -0.351 e. The van der Waals surface area contributed by atoms with E-state index >= 15 is 0 Å². The van der Waals surface area contributed by atoms with Crippen LogP contribution in [0, 0.1) is 0 Å². The van der Waals surface area contributed by atoms with Crippen LogP contribution >= 0.6 is 0 Å². The normalized spacial score (nSPS) is 16.8. The van der Waals surface area contributed by atoms with Crippen molar-refractivity contribution in [3.8, 4) is 0 Å². The number of hydrogen-bond donors (Lipinski definition) is 1. The number of allylic oxidation sites excluding steroid dienone is 1. The first-order valence-corrected chi connectivity index (χ1v) is 4.85. The Hall–Kier alpha value is -0.830. The molecule has 0 heterocycles. The fourth-order valence-corrected chi connectivity index (χ4v) is 1.26. The van der Waals surface area contributed by atoms with Crippen molar-refractivity contribution < 1.29 is 4.79 Å². The van der Waals surface area contributed by atoms with Crippen LogP contribution in [0.4, 0.5) is 0 Å². The van der Waals surface area contributed by atoms with Crippen LogP contribution in [0.15, 0.2) is 12.2 Å². The Morgan fingerprint density at radius 1 is 1.62 bits per heavy atom. The van der Waals surface area contributed by atoms with Gasteiger partial charge in [0.1, 0.15) is 0 Å². The van der Waals surface area contributed by atoms with E-state index in [2.05, 4.69) is 17.3 Å². The first-order valence-electron chi connectivity index (χ1n) is 4.85. The molecule has 1 saturated carbocycles. The first-order chi connectivity index (χ1) is 6.24. The summed E-state index contributed by atoms with van der Waals surface area (Å²) in [7, 11) is 2.11. The SMILES string of the molecule is CC=CC(=O)NCCN(C)C1CC1. The molecule has 1 amide bonds. The summed E-state index contributed by atoms with van der Waals surface area (Å²) in [5.74, 6) is 0.00620. The van der Waals surface area contributed by atoms with Gasteiger partial charge in [0, 0.05) is 19.1 Å². The van der Waals surface area contributed by atoms with Gasteiger partial charge in [0.2, 0.25) is 5.91 Å². The molecule has 0 radical (unpaired) electrons. The number of hydrogen-bond acceptors (Lipinski definition) is 2. The molecule has 0 aromatic carbocycles. The zero-order chi connectivity index (χ0) is 9.68. The maximum atomic E-state index is 11.0. The monoisotopic (exact) mass is 182 g/mol. The summed E-state index contributed by atoms with van der Waals surface area (Å²) >= 11 is 0. The largest absolute Gasteiger partial charge is 0.351 e. The van der Waals surface area contributed by atoms with Crippen LogP contribution in [0.25, 0.3) is 0 Å². The van der Waals surface area contributed by atoms with Crippen molar-refractivity contribution in [2.24, 2.45) is 0 Å². The van der Waals surface area contributed by atoms with E-state index in [9.17, 15) is 4.79 Å². The van der Waals surface area contributed by atoms with Gasteiger partial charge in [0.15, 0.2) is 0 Å². The van der Waals surface area contributed by atoms with Crippen molar-refractivity contribution in [1.82, 2.24) is 10.2 Å². The van der Waals surface area contributed by atoms with Crippen molar-refractivity contribution in [2.75, 3.05) is 20.1 Å². The number of carbonyl (C=O) groups excluding carboxylic acids is 1. The number of nitrogens with one attached hydrogen (secondary N) is 1. The summed E-state index contributed by atoms with van der Waals surface area (Å²) < 4.78 is 0. The molecule has 0 unspecified atom stereocenters. The molecule has 3 heteroatoms. The predicted octanol–water partition coefficient (Wildman–Crippen LogP) is 0.773. The summed E-state index contributed by atoms with van der Waals surface area (Å²) in [5, 5.41) is 2.83. The van der Waals surface area contributed by atoms with Gasteiger partial charge in [-0.3, -0.25) is 4.79 Å². The smallest absolute Gasteiger partial charge is 0.243 e. The highest BCUT2D eigenvalue weighted by Gasteiger charge is 2.25. The molecule has 1 N–H and O–H groups in total. The Morgan fingerprint density at radius 2 is 2.31 bits per heavy atom. The van der Waals surface area contributed by atoms with Crippen LogP contribution < -0.4 is 5.32 Å². The lowest BCUT2D eigenvalue weighted by Gasteiger charge is -2.14. The molecule has 3 nitrogen and oxygen atoms in total. The second-order valence-corrected chi connectivity index (χ2v) is 3.50. The molecule has 0 bridgehead atoms. The number of carbonyl (C=O) groups is 1. The zero-order valence-corrected chi connectivity index (χ0v) is 8.42. The van der Waals surface area contributed by atoms with Gasteiger partial charge in [0.25, 0.3) is 0 Å². The van der Waals surface area contributed by atoms with Crippen molar-refractivity contribution in [2.45, 2.75) is 25.8 Å². The van der Waals surface area contributed by atoms with Gasteiger partial charge >= 0.3 is 0 Å². The standard InChI is InChI=1S/C10H18N2O/c1-3-4-10(13)11-7-8-12(2)9-5-6-9/h3-4,9H,5-8H2,1-2H3,(H,11,13). The van der Waals surface area contributed by atoms with E-state index in [1.165, 1.54) is 12.8 Å². The Labute approximate surface area is 79.8 Å². The maximum Gasteiger partial charge on any atom is 0.243 e. The Bertz CT molecular complexity index is 197. The van der Waals surface area contributed by atoms with Crippen LogP contribution in [-0.2, 0) is 4.79 Å². The highest BCUT2D eigenvalue weighted by atomic mass is 16.1. The lowest BCUT2D eigenvalue weighted by molar-refractivity contribution is -0.116. The average molecular weight is 182 g/mol. The number of rotatable bonds is 5. The Kier molecular flexibility index (Phi) is 3.96. The summed E-state index contributed by atoms with van der Waals surface area (Å²) in [5.41, 5.74) is 0. The number of amides is 1. The molecule has 0 saturated heterocycles. The summed E-state index contributed by atoms with van der Waals surface area (Å²) in [6.45, 7) is 3.54. The highest BCUT2D eigenvalue weighted by molar-refractivity contribution is 5.87. The van der Waals surface area contributed by atoms with Crippen LogP contribution in [0.1, 0.15) is 19.8 Å².